The molecular formula is C16H33ClMg. The van der Waals surface area contributed by atoms with Crippen molar-refractivity contribution in [3.63, 3.8) is 0 Å². The first-order chi connectivity index (χ1) is 7.91. The zero-order valence-electron chi connectivity index (χ0n) is 12.7. The Hall–Kier alpha value is 1.06. The summed E-state index contributed by atoms with van der Waals surface area (Å²) in [6, 6.07) is 0. The van der Waals surface area contributed by atoms with E-state index < -0.39 is 0 Å². The first-order valence-corrected chi connectivity index (χ1v) is 7.71. The molecule has 0 radical (unpaired) electrons. The van der Waals surface area contributed by atoms with Crippen molar-refractivity contribution in [2.75, 3.05) is 0 Å². The standard InChI is InChI=1S/C16H33.ClH.Mg/c1-3-5-7-9-11-13-15-16-14-12-10-8-6-4-2;;/h1,3-16H2,2H3;1H;/q-1;;+2/p-1. The molecule has 0 aliphatic rings. The minimum absolute atomic E-state index is 0. The van der Waals surface area contributed by atoms with Crippen LogP contribution in [0.3, 0.4) is 0 Å². The maximum atomic E-state index is 3.87. The van der Waals surface area contributed by atoms with Crippen LogP contribution in [0.15, 0.2) is 0 Å². The van der Waals surface area contributed by atoms with E-state index in [1.807, 2.05) is 0 Å². The number of unbranched alkanes of at least 4 members (excludes halogenated alkanes) is 13. The quantitative estimate of drug-likeness (QED) is 0.277. The summed E-state index contributed by atoms with van der Waals surface area (Å²) < 4.78 is 0. The molecule has 0 aromatic heterocycles. The maximum absolute atomic E-state index is 3.87. The van der Waals surface area contributed by atoms with Crippen molar-refractivity contribution in [2.45, 2.75) is 96.8 Å². The van der Waals surface area contributed by atoms with Gasteiger partial charge in [0.25, 0.3) is 0 Å². The van der Waals surface area contributed by atoms with E-state index in [0.29, 0.717) is 0 Å². The van der Waals surface area contributed by atoms with Crippen LogP contribution in [0.1, 0.15) is 96.8 Å². The summed E-state index contributed by atoms with van der Waals surface area (Å²) in [7, 11) is 0. The Morgan fingerprint density at radius 3 is 1.11 bits per heavy atom. The van der Waals surface area contributed by atoms with Crippen LogP contribution in [0, 0.1) is 6.92 Å². The Morgan fingerprint density at radius 2 is 0.833 bits per heavy atom. The summed E-state index contributed by atoms with van der Waals surface area (Å²) in [5, 5.41) is 0. The minimum Gasteiger partial charge on any atom is -1.00 e. The normalized spacial score (nSPS) is 9.67. The fraction of sp³-hybridized carbons (Fsp3) is 0.938. The van der Waals surface area contributed by atoms with Crippen LogP contribution in [-0.4, -0.2) is 23.1 Å². The largest absolute Gasteiger partial charge is 2.00 e. The third kappa shape index (κ3) is 22.3. The molecule has 0 fully saturated rings. The molecule has 0 saturated carbocycles. The minimum atomic E-state index is 0. The average Bonchev–Trinajstić information content (AvgIpc) is 2.31. The van der Waals surface area contributed by atoms with Crippen LogP contribution in [0.5, 0.6) is 0 Å². The average molecular weight is 285 g/mol. The Bertz CT molecular complexity index is 104. The van der Waals surface area contributed by atoms with E-state index in [2.05, 4.69) is 13.8 Å². The van der Waals surface area contributed by atoms with Gasteiger partial charge in [-0.15, -0.1) is 0 Å². The molecule has 106 valence electrons. The Balaban J connectivity index is -0.00000112. The monoisotopic (exact) mass is 284 g/mol. The first kappa shape index (κ1) is 24.1. The van der Waals surface area contributed by atoms with Crippen molar-refractivity contribution >= 4 is 23.1 Å². The number of rotatable bonds is 13. The number of hydrogen-bond acceptors (Lipinski definition) is 0. The second-order valence-corrected chi connectivity index (χ2v) is 5.10. The molecule has 0 aliphatic carbocycles. The van der Waals surface area contributed by atoms with E-state index in [4.69, 9.17) is 0 Å². The van der Waals surface area contributed by atoms with Crippen LogP contribution in [0.4, 0.5) is 0 Å². The Morgan fingerprint density at radius 1 is 0.556 bits per heavy atom. The zero-order chi connectivity index (χ0) is 11.9. The van der Waals surface area contributed by atoms with Gasteiger partial charge in [0.15, 0.2) is 0 Å². The van der Waals surface area contributed by atoms with E-state index in [-0.39, 0.29) is 35.5 Å². The van der Waals surface area contributed by atoms with E-state index in [9.17, 15) is 0 Å². The molecule has 0 unspecified atom stereocenters. The van der Waals surface area contributed by atoms with Gasteiger partial charge in [0.2, 0.25) is 0 Å². The Labute approximate surface area is 139 Å². The van der Waals surface area contributed by atoms with Gasteiger partial charge in [-0.25, -0.2) is 0 Å². The third-order valence-electron chi connectivity index (χ3n) is 3.35. The van der Waals surface area contributed by atoms with Crippen molar-refractivity contribution < 1.29 is 12.4 Å². The van der Waals surface area contributed by atoms with Crippen LogP contribution in [-0.2, 0) is 0 Å². The van der Waals surface area contributed by atoms with Crippen LogP contribution in [0.25, 0.3) is 0 Å². The van der Waals surface area contributed by atoms with Gasteiger partial charge in [-0.3, -0.25) is 0 Å². The van der Waals surface area contributed by atoms with E-state index >= 15 is 0 Å². The number of hydrogen-bond donors (Lipinski definition) is 0. The van der Waals surface area contributed by atoms with Gasteiger partial charge in [0.1, 0.15) is 0 Å². The SMILES string of the molecule is [CH2-]CCCCCCCCCCCCCCC.[Cl-].[Mg+2]. The molecule has 0 aromatic rings. The second kappa shape index (κ2) is 23.2. The van der Waals surface area contributed by atoms with Gasteiger partial charge >= 0.3 is 23.1 Å². The van der Waals surface area contributed by atoms with Gasteiger partial charge in [-0.05, 0) is 0 Å². The van der Waals surface area contributed by atoms with Crippen molar-refractivity contribution in [3.8, 4) is 0 Å². The molecule has 0 spiro atoms. The fourth-order valence-electron chi connectivity index (χ4n) is 2.19. The summed E-state index contributed by atoms with van der Waals surface area (Å²) >= 11 is 0. The zero-order valence-corrected chi connectivity index (χ0v) is 14.9. The molecule has 0 saturated heterocycles. The topological polar surface area (TPSA) is 0 Å². The van der Waals surface area contributed by atoms with E-state index in [1.54, 1.807) is 0 Å². The summed E-state index contributed by atoms with van der Waals surface area (Å²) in [5.74, 6) is 0. The third-order valence-corrected chi connectivity index (χ3v) is 3.35. The van der Waals surface area contributed by atoms with Gasteiger partial charge in [-0.2, -0.15) is 6.42 Å². The van der Waals surface area contributed by atoms with Crippen molar-refractivity contribution in [3.05, 3.63) is 6.92 Å². The molecule has 0 heterocycles. The number of halogens is 1. The van der Waals surface area contributed by atoms with Gasteiger partial charge in [0, 0.05) is 0 Å². The summed E-state index contributed by atoms with van der Waals surface area (Å²) in [6.45, 7) is 6.16. The molecule has 0 amide bonds. The fourth-order valence-corrected chi connectivity index (χ4v) is 2.19. The molecule has 0 aromatic carbocycles. The van der Waals surface area contributed by atoms with Crippen molar-refractivity contribution in [1.29, 1.82) is 0 Å². The van der Waals surface area contributed by atoms with Crippen LogP contribution >= 0.6 is 0 Å². The summed E-state index contributed by atoms with van der Waals surface area (Å²) in [6.07, 6.45) is 19.8. The van der Waals surface area contributed by atoms with Crippen molar-refractivity contribution in [1.82, 2.24) is 0 Å². The second-order valence-electron chi connectivity index (χ2n) is 5.10. The van der Waals surface area contributed by atoms with Gasteiger partial charge < -0.3 is 19.3 Å². The molecule has 0 N–H and O–H groups in total. The van der Waals surface area contributed by atoms with Gasteiger partial charge in [-0.1, -0.05) is 90.4 Å². The Kier molecular flexibility index (Phi) is 31.0. The molecular weight excluding hydrogens is 252 g/mol. The maximum Gasteiger partial charge on any atom is 2.00 e. The van der Waals surface area contributed by atoms with Crippen LogP contribution < -0.4 is 12.4 Å². The molecule has 0 atom stereocenters. The smallest absolute Gasteiger partial charge is 1.00 e. The van der Waals surface area contributed by atoms with Gasteiger partial charge in [0.05, 0.1) is 0 Å². The summed E-state index contributed by atoms with van der Waals surface area (Å²) in [4.78, 5) is 0. The molecule has 0 aliphatic heterocycles. The van der Waals surface area contributed by atoms with Crippen molar-refractivity contribution in [2.24, 2.45) is 0 Å². The molecule has 0 rings (SSSR count). The van der Waals surface area contributed by atoms with Crippen LogP contribution in [0.2, 0.25) is 0 Å². The predicted molar refractivity (Wildman–Crippen MR) is 81.4 cm³/mol. The van der Waals surface area contributed by atoms with E-state index in [0.717, 1.165) is 6.42 Å². The molecule has 18 heavy (non-hydrogen) atoms. The summed E-state index contributed by atoms with van der Waals surface area (Å²) in [5.41, 5.74) is 0. The van der Waals surface area contributed by atoms with E-state index in [1.165, 1.54) is 83.5 Å². The molecule has 0 nitrogen and oxygen atoms in total. The molecule has 2 heteroatoms. The first-order valence-electron chi connectivity index (χ1n) is 7.71. The predicted octanol–water partition coefficient (Wildman–Crippen LogP) is 2.92. The molecule has 0 bridgehead atoms.